The van der Waals surface area contributed by atoms with Crippen molar-refractivity contribution in [1.29, 1.82) is 0 Å². The highest BCUT2D eigenvalue weighted by molar-refractivity contribution is 5.95. The van der Waals surface area contributed by atoms with Crippen LogP contribution in [0, 0.1) is 5.82 Å². The van der Waals surface area contributed by atoms with Gasteiger partial charge in [-0.2, -0.15) is 0 Å². The Bertz CT molecular complexity index is 702. The first kappa shape index (κ1) is 14.7. The number of halogens is 1. The molecule has 3 rings (SSSR count). The molecule has 3 N–H and O–H groups in total. The van der Waals surface area contributed by atoms with Crippen molar-refractivity contribution >= 4 is 11.6 Å². The van der Waals surface area contributed by atoms with Crippen molar-refractivity contribution in [2.45, 2.75) is 31.7 Å². The maximum atomic E-state index is 13.5. The molecule has 0 radical (unpaired) electrons. The van der Waals surface area contributed by atoms with E-state index in [2.05, 4.69) is 10.3 Å². The van der Waals surface area contributed by atoms with Crippen LogP contribution in [0.25, 0.3) is 11.1 Å². The molecule has 0 fully saturated rings. The minimum absolute atomic E-state index is 0.102. The predicted molar refractivity (Wildman–Crippen MR) is 83.7 cm³/mol. The maximum Gasteiger partial charge on any atom is 0.224 e. The van der Waals surface area contributed by atoms with E-state index in [1.165, 1.54) is 12.1 Å². The van der Waals surface area contributed by atoms with Crippen molar-refractivity contribution in [3.8, 4) is 11.1 Å². The standard InChI is InChI=1S/C17H18FN3O/c18-12-5-6-13-11-7-8-20-16(9-11)14(19)3-1-2-4-17(22)21-15(13)10-12/h5-10,14H,1-4,19H2,(H,21,22)/t14-/m0/s1. The number of carbonyl (C=O) groups excluding carboxylic acids is 1. The van der Waals surface area contributed by atoms with Crippen LogP contribution in [0.4, 0.5) is 10.1 Å². The number of carbonyl (C=O) groups is 1. The lowest BCUT2D eigenvalue weighted by Gasteiger charge is -2.16. The van der Waals surface area contributed by atoms with E-state index in [0.717, 1.165) is 36.1 Å². The number of nitrogens with zero attached hydrogens (tertiary/aromatic N) is 1. The van der Waals surface area contributed by atoms with Gasteiger partial charge in [0.05, 0.1) is 11.4 Å². The van der Waals surface area contributed by atoms with Crippen LogP contribution < -0.4 is 11.1 Å². The smallest absolute Gasteiger partial charge is 0.224 e. The molecule has 1 aliphatic heterocycles. The van der Waals surface area contributed by atoms with Gasteiger partial charge in [-0.15, -0.1) is 0 Å². The highest BCUT2D eigenvalue weighted by Gasteiger charge is 2.15. The molecule has 22 heavy (non-hydrogen) atoms. The molecule has 114 valence electrons. The SMILES string of the molecule is N[C@H]1CCCCC(=O)Nc2cc(F)ccc2-c2ccnc1c2. The number of nitrogens with two attached hydrogens (primary N) is 1. The molecule has 0 spiro atoms. The fourth-order valence-corrected chi connectivity index (χ4v) is 2.70. The molecule has 1 atom stereocenters. The lowest BCUT2D eigenvalue weighted by molar-refractivity contribution is -0.116. The summed E-state index contributed by atoms with van der Waals surface area (Å²) in [5.74, 6) is -0.479. The Morgan fingerprint density at radius 3 is 2.95 bits per heavy atom. The number of anilines is 1. The zero-order valence-corrected chi connectivity index (χ0v) is 12.2. The van der Waals surface area contributed by atoms with Crippen LogP contribution >= 0.6 is 0 Å². The Morgan fingerprint density at radius 1 is 1.23 bits per heavy atom. The van der Waals surface area contributed by atoms with Gasteiger partial charge in [-0.25, -0.2) is 4.39 Å². The number of hydrogen-bond acceptors (Lipinski definition) is 3. The average molecular weight is 299 g/mol. The number of pyridine rings is 1. The first-order valence-electron chi connectivity index (χ1n) is 7.45. The summed E-state index contributed by atoms with van der Waals surface area (Å²) in [7, 11) is 0. The van der Waals surface area contributed by atoms with Gasteiger partial charge < -0.3 is 11.1 Å². The zero-order chi connectivity index (χ0) is 15.5. The summed E-state index contributed by atoms with van der Waals surface area (Å²) in [5.41, 5.74) is 9.12. The van der Waals surface area contributed by atoms with Crippen molar-refractivity contribution in [3.05, 3.63) is 48.0 Å². The molecule has 1 aromatic carbocycles. The van der Waals surface area contributed by atoms with E-state index in [0.29, 0.717) is 12.1 Å². The van der Waals surface area contributed by atoms with E-state index >= 15 is 0 Å². The molecule has 2 bridgehead atoms. The van der Waals surface area contributed by atoms with Crippen LogP contribution in [0.3, 0.4) is 0 Å². The predicted octanol–water partition coefficient (Wildman–Crippen LogP) is 3.40. The van der Waals surface area contributed by atoms with Crippen LogP contribution in [0.15, 0.2) is 36.5 Å². The molecular weight excluding hydrogens is 281 g/mol. The van der Waals surface area contributed by atoms with E-state index in [1.54, 1.807) is 12.3 Å². The Kier molecular flexibility index (Phi) is 4.15. The Labute approximate surface area is 128 Å². The molecule has 0 saturated carbocycles. The normalized spacial score (nSPS) is 18.6. The lowest BCUT2D eigenvalue weighted by Crippen LogP contribution is -2.15. The Hall–Kier alpha value is -2.27. The monoisotopic (exact) mass is 299 g/mol. The molecule has 0 unspecified atom stereocenters. The van der Waals surface area contributed by atoms with E-state index in [4.69, 9.17) is 5.73 Å². The molecule has 2 aromatic rings. The highest BCUT2D eigenvalue weighted by atomic mass is 19.1. The van der Waals surface area contributed by atoms with Gasteiger partial charge in [0.15, 0.2) is 0 Å². The quantitative estimate of drug-likeness (QED) is 0.783. The van der Waals surface area contributed by atoms with Gasteiger partial charge in [0.25, 0.3) is 0 Å². The second kappa shape index (κ2) is 6.23. The third kappa shape index (κ3) is 3.14. The van der Waals surface area contributed by atoms with E-state index in [1.807, 2.05) is 12.1 Å². The van der Waals surface area contributed by atoms with Gasteiger partial charge in [0.2, 0.25) is 5.91 Å². The average Bonchev–Trinajstić information content (AvgIpc) is 2.51. The highest BCUT2D eigenvalue weighted by Crippen LogP contribution is 2.31. The summed E-state index contributed by atoms with van der Waals surface area (Å²) >= 11 is 0. The van der Waals surface area contributed by atoms with Gasteiger partial charge in [0, 0.05) is 24.2 Å². The summed E-state index contributed by atoms with van der Waals surface area (Å²) in [4.78, 5) is 16.3. The first-order chi connectivity index (χ1) is 10.6. The molecule has 2 heterocycles. The molecule has 1 aliphatic rings. The Balaban J connectivity index is 2.11. The van der Waals surface area contributed by atoms with Gasteiger partial charge in [-0.1, -0.05) is 6.42 Å². The minimum atomic E-state index is -0.378. The van der Waals surface area contributed by atoms with Gasteiger partial charge in [-0.05, 0) is 48.7 Å². The van der Waals surface area contributed by atoms with E-state index in [9.17, 15) is 9.18 Å². The fourth-order valence-electron chi connectivity index (χ4n) is 2.70. The second-order valence-electron chi connectivity index (χ2n) is 5.56. The summed E-state index contributed by atoms with van der Waals surface area (Å²) in [5, 5.41) is 2.81. The van der Waals surface area contributed by atoms with Crippen LogP contribution in [-0.2, 0) is 4.79 Å². The number of rotatable bonds is 0. The summed E-state index contributed by atoms with van der Waals surface area (Å²) in [6.07, 6.45) is 4.51. The van der Waals surface area contributed by atoms with E-state index in [-0.39, 0.29) is 17.8 Å². The third-order valence-corrected chi connectivity index (χ3v) is 3.90. The molecule has 0 saturated heterocycles. The topological polar surface area (TPSA) is 68.0 Å². The van der Waals surface area contributed by atoms with Crippen molar-refractivity contribution in [2.75, 3.05) is 5.32 Å². The largest absolute Gasteiger partial charge is 0.325 e. The van der Waals surface area contributed by atoms with Crippen LogP contribution in [0.2, 0.25) is 0 Å². The van der Waals surface area contributed by atoms with Crippen LogP contribution in [-0.4, -0.2) is 10.9 Å². The number of benzene rings is 1. The first-order valence-corrected chi connectivity index (χ1v) is 7.45. The maximum absolute atomic E-state index is 13.5. The van der Waals surface area contributed by atoms with Gasteiger partial charge in [0.1, 0.15) is 5.82 Å². The summed E-state index contributed by atoms with van der Waals surface area (Å²) in [6.45, 7) is 0. The molecule has 4 nitrogen and oxygen atoms in total. The molecule has 5 heteroatoms. The van der Waals surface area contributed by atoms with Crippen LogP contribution in [0.5, 0.6) is 0 Å². The number of fused-ring (bicyclic) bond motifs is 4. The summed E-state index contributed by atoms with van der Waals surface area (Å²) < 4.78 is 13.5. The van der Waals surface area contributed by atoms with Gasteiger partial charge in [-0.3, -0.25) is 9.78 Å². The second-order valence-corrected chi connectivity index (χ2v) is 5.56. The number of aromatic nitrogens is 1. The van der Waals surface area contributed by atoms with E-state index < -0.39 is 0 Å². The van der Waals surface area contributed by atoms with Crippen molar-refractivity contribution in [3.63, 3.8) is 0 Å². The zero-order valence-electron chi connectivity index (χ0n) is 12.2. The molecule has 0 aliphatic carbocycles. The molecular formula is C17H18FN3O. The van der Waals surface area contributed by atoms with Crippen molar-refractivity contribution in [2.24, 2.45) is 5.73 Å². The van der Waals surface area contributed by atoms with Gasteiger partial charge >= 0.3 is 0 Å². The summed E-state index contributed by atoms with van der Waals surface area (Å²) in [6, 6.07) is 8.00. The number of hydrogen-bond donors (Lipinski definition) is 2. The minimum Gasteiger partial charge on any atom is -0.325 e. The molecule has 1 aromatic heterocycles. The third-order valence-electron chi connectivity index (χ3n) is 3.90. The van der Waals surface area contributed by atoms with Crippen molar-refractivity contribution in [1.82, 2.24) is 4.98 Å². The van der Waals surface area contributed by atoms with Crippen LogP contribution in [0.1, 0.15) is 37.4 Å². The lowest BCUT2D eigenvalue weighted by atomic mass is 9.99. The molecule has 1 amide bonds. The Morgan fingerprint density at radius 2 is 2.09 bits per heavy atom. The fraction of sp³-hybridized carbons (Fsp3) is 0.294. The van der Waals surface area contributed by atoms with Crippen molar-refractivity contribution < 1.29 is 9.18 Å². The number of amides is 1. The number of nitrogens with one attached hydrogen (secondary N) is 1.